The SMILES string of the molecule is Nc1cc(Cl)c(Cl)c(C(=O)NC2CC3CCC2O3)c1. The van der Waals surface area contributed by atoms with Crippen molar-refractivity contribution in [3.05, 3.63) is 27.7 Å². The molecule has 0 saturated carbocycles. The Labute approximate surface area is 121 Å². The molecule has 2 fully saturated rings. The molecule has 19 heavy (non-hydrogen) atoms. The molecule has 1 aromatic carbocycles. The van der Waals surface area contributed by atoms with E-state index < -0.39 is 0 Å². The average molecular weight is 301 g/mol. The van der Waals surface area contributed by atoms with Gasteiger partial charge in [-0.1, -0.05) is 23.2 Å². The summed E-state index contributed by atoms with van der Waals surface area (Å²) in [6.45, 7) is 0. The molecule has 0 spiro atoms. The molecule has 2 aliphatic rings. The van der Waals surface area contributed by atoms with Gasteiger partial charge in [-0.15, -0.1) is 0 Å². The molecule has 3 N–H and O–H groups in total. The van der Waals surface area contributed by atoms with Crippen LogP contribution in [0, 0.1) is 0 Å². The highest BCUT2D eigenvalue weighted by Gasteiger charge is 2.41. The lowest BCUT2D eigenvalue weighted by Gasteiger charge is -2.20. The number of hydrogen-bond donors (Lipinski definition) is 2. The highest BCUT2D eigenvalue weighted by atomic mass is 35.5. The molecule has 102 valence electrons. The number of ether oxygens (including phenoxy) is 1. The largest absolute Gasteiger partial charge is 0.399 e. The number of carbonyl (C=O) groups excluding carboxylic acids is 1. The van der Waals surface area contributed by atoms with Gasteiger partial charge in [0.1, 0.15) is 0 Å². The normalized spacial score (nSPS) is 28.6. The van der Waals surface area contributed by atoms with E-state index in [2.05, 4.69) is 5.32 Å². The van der Waals surface area contributed by atoms with E-state index in [1.54, 1.807) is 0 Å². The highest BCUT2D eigenvalue weighted by Crippen LogP contribution is 2.35. The number of nitrogen functional groups attached to an aromatic ring is 1. The first-order valence-electron chi connectivity index (χ1n) is 6.25. The van der Waals surface area contributed by atoms with Crippen LogP contribution in [0.15, 0.2) is 12.1 Å². The molecule has 3 atom stereocenters. The Morgan fingerprint density at radius 3 is 2.79 bits per heavy atom. The maximum atomic E-state index is 12.2. The van der Waals surface area contributed by atoms with Crippen LogP contribution in [0.3, 0.4) is 0 Å². The lowest BCUT2D eigenvalue weighted by Crippen LogP contribution is -2.41. The molecule has 0 aliphatic carbocycles. The molecule has 2 bridgehead atoms. The standard InChI is InChI=1S/C13H14Cl2N2O2/c14-9-4-6(16)3-8(12(9)15)13(18)17-10-5-7-1-2-11(10)19-7/h3-4,7,10-11H,1-2,5,16H2,(H,17,18). The van der Waals surface area contributed by atoms with E-state index in [0.717, 1.165) is 19.3 Å². The molecule has 6 heteroatoms. The molecular weight excluding hydrogens is 287 g/mol. The zero-order valence-electron chi connectivity index (χ0n) is 10.2. The maximum absolute atomic E-state index is 12.2. The summed E-state index contributed by atoms with van der Waals surface area (Å²) >= 11 is 12.0. The van der Waals surface area contributed by atoms with E-state index in [4.69, 9.17) is 33.7 Å². The monoisotopic (exact) mass is 300 g/mol. The molecular formula is C13H14Cl2N2O2. The predicted molar refractivity (Wildman–Crippen MR) is 74.6 cm³/mol. The minimum absolute atomic E-state index is 0.0579. The van der Waals surface area contributed by atoms with Crippen LogP contribution in [0.2, 0.25) is 10.0 Å². The average Bonchev–Trinajstić information content (AvgIpc) is 2.95. The summed E-state index contributed by atoms with van der Waals surface area (Å²) in [7, 11) is 0. The van der Waals surface area contributed by atoms with Gasteiger partial charge in [-0.05, 0) is 31.4 Å². The Kier molecular flexibility index (Phi) is 3.33. The highest BCUT2D eigenvalue weighted by molar-refractivity contribution is 6.44. The maximum Gasteiger partial charge on any atom is 0.253 e. The second-order valence-corrected chi connectivity index (χ2v) is 5.84. The molecule has 2 saturated heterocycles. The van der Waals surface area contributed by atoms with Gasteiger partial charge in [-0.2, -0.15) is 0 Å². The van der Waals surface area contributed by atoms with Gasteiger partial charge < -0.3 is 15.8 Å². The van der Waals surface area contributed by atoms with Crippen molar-refractivity contribution in [2.75, 3.05) is 5.73 Å². The van der Waals surface area contributed by atoms with Crippen molar-refractivity contribution in [2.24, 2.45) is 0 Å². The Morgan fingerprint density at radius 1 is 1.37 bits per heavy atom. The zero-order valence-corrected chi connectivity index (χ0v) is 11.7. The van der Waals surface area contributed by atoms with E-state index in [0.29, 0.717) is 11.3 Å². The number of fused-ring (bicyclic) bond motifs is 2. The fraction of sp³-hybridized carbons (Fsp3) is 0.462. The van der Waals surface area contributed by atoms with Gasteiger partial charge >= 0.3 is 0 Å². The molecule has 0 aromatic heterocycles. The number of carbonyl (C=O) groups is 1. The topological polar surface area (TPSA) is 64.4 Å². The Balaban J connectivity index is 1.77. The van der Waals surface area contributed by atoms with Crippen molar-refractivity contribution in [3.8, 4) is 0 Å². The van der Waals surface area contributed by atoms with Crippen molar-refractivity contribution in [2.45, 2.75) is 37.5 Å². The van der Waals surface area contributed by atoms with Gasteiger partial charge in [0.05, 0.1) is 33.9 Å². The fourth-order valence-electron chi connectivity index (χ4n) is 2.81. The predicted octanol–water partition coefficient (Wildman–Crippen LogP) is 2.63. The second-order valence-electron chi connectivity index (χ2n) is 5.05. The van der Waals surface area contributed by atoms with E-state index in [1.807, 2.05) is 0 Å². The van der Waals surface area contributed by atoms with Gasteiger partial charge in [0.25, 0.3) is 5.91 Å². The van der Waals surface area contributed by atoms with E-state index >= 15 is 0 Å². The van der Waals surface area contributed by atoms with Crippen LogP contribution >= 0.6 is 23.2 Å². The number of nitrogens with one attached hydrogen (secondary N) is 1. The zero-order chi connectivity index (χ0) is 13.6. The lowest BCUT2D eigenvalue weighted by atomic mass is 9.95. The first-order valence-corrected chi connectivity index (χ1v) is 7.01. The summed E-state index contributed by atoms with van der Waals surface area (Å²) < 4.78 is 5.70. The van der Waals surface area contributed by atoms with Crippen molar-refractivity contribution >= 4 is 34.8 Å². The van der Waals surface area contributed by atoms with Gasteiger partial charge in [0.2, 0.25) is 0 Å². The van der Waals surface area contributed by atoms with E-state index in [9.17, 15) is 4.79 Å². The third-order valence-corrected chi connectivity index (χ3v) is 4.52. The molecule has 3 rings (SSSR count). The summed E-state index contributed by atoms with van der Waals surface area (Å²) in [6, 6.07) is 3.13. The third-order valence-electron chi connectivity index (χ3n) is 3.72. The van der Waals surface area contributed by atoms with Crippen molar-refractivity contribution in [1.82, 2.24) is 5.32 Å². The molecule has 1 amide bonds. The first kappa shape index (κ1) is 13.0. The number of hydrogen-bond acceptors (Lipinski definition) is 3. The molecule has 2 heterocycles. The Bertz CT molecular complexity index is 536. The Hall–Kier alpha value is -0.970. The third kappa shape index (κ3) is 2.40. The fourth-order valence-corrected chi connectivity index (χ4v) is 3.23. The van der Waals surface area contributed by atoms with Crippen molar-refractivity contribution in [1.29, 1.82) is 0 Å². The second kappa shape index (κ2) is 4.85. The quantitative estimate of drug-likeness (QED) is 0.825. The van der Waals surface area contributed by atoms with Crippen LogP contribution in [0.25, 0.3) is 0 Å². The molecule has 0 radical (unpaired) electrons. The minimum atomic E-state index is -0.250. The van der Waals surface area contributed by atoms with Crippen LogP contribution in [0.4, 0.5) is 5.69 Å². The molecule has 1 aromatic rings. The van der Waals surface area contributed by atoms with Crippen LogP contribution in [0.1, 0.15) is 29.6 Å². The lowest BCUT2D eigenvalue weighted by molar-refractivity contribution is 0.0841. The van der Waals surface area contributed by atoms with Crippen molar-refractivity contribution < 1.29 is 9.53 Å². The smallest absolute Gasteiger partial charge is 0.253 e. The molecule has 4 nitrogen and oxygen atoms in total. The number of anilines is 1. The summed E-state index contributed by atoms with van der Waals surface area (Å²) in [5.74, 6) is -0.250. The first-order chi connectivity index (χ1) is 9.04. The van der Waals surface area contributed by atoms with Crippen LogP contribution < -0.4 is 11.1 Å². The van der Waals surface area contributed by atoms with Gasteiger partial charge in [-0.3, -0.25) is 4.79 Å². The minimum Gasteiger partial charge on any atom is -0.399 e. The number of benzene rings is 1. The van der Waals surface area contributed by atoms with Crippen LogP contribution in [-0.4, -0.2) is 24.2 Å². The van der Waals surface area contributed by atoms with Gasteiger partial charge in [-0.25, -0.2) is 0 Å². The molecule has 3 unspecified atom stereocenters. The number of nitrogens with two attached hydrogens (primary N) is 1. The van der Waals surface area contributed by atoms with Gasteiger partial charge in [0.15, 0.2) is 0 Å². The van der Waals surface area contributed by atoms with E-state index in [1.165, 1.54) is 12.1 Å². The summed E-state index contributed by atoms with van der Waals surface area (Å²) in [4.78, 5) is 12.2. The molecule has 2 aliphatic heterocycles. The van der Waals surface area contributed by atoms with Crippen LogP contribution in [0.5, 0.6) is 0 Å². The summed E-state index contributed by atoms with van der Waals surface area (Å²) in [5.41, 5.74) is 6.42. The summed E-state index contributed by atoms with van der Waals surface area (Å²) in [6.07, 6.45) is 3.37. The number of halogens is 2. The van der Waals surface area contributed by atoms with Gasteiger partial charge in [0, 0.05) is 5.69 Å². The summed E-state index contributed by atoms with van der Waals surface area (Å²) in [5, 5.41) is 3.48. The Morgan fingerprint density at radius 2 is 2.16 bits per heavy atom. The van der Waals surface area contributed by atoms with E-state index in [-0.39, 0.29) is 34.2 Å². The van der Waals surface area contributed by atoms with Crippen LogP contribution in [-0.2, 0) is 4.74 Å². The van der Waals surface area contributed by atoms with Crippen molar-refractivity contribution in [3.63, 3.8) is 0 Å². The number of amides is 1. The number of rotatable bonds is 2.